The van der Waals surface area contributed by atoms with Crippen LogP contribution >= 0.6 is 11.6 Å². The first-order valence-electron chi connectivity index (χ1n) is 7.41. The Hall–Kier alpha value is -2.85. The fraction of sp³-hybridized carbons (Fsp3) is 0.0526. The average Bonchev–Trinajstić information content (AvgIpc) is 2.62. The Balaban J connectivity index is 1.65. The summed E-state index contributed by atoms with van der Waals surface area (Å²) in [6.45, 7) is 0.330. The third-order valence-corrected chi connectivity index (χ3v) is 3.62. The second-order valence-corrected chi connectivity index (χ2v) is 5.48. The lowest BCUT2D eigenvalue weighted by Gasteiger charge is -2.10. The highest BCUT2D eigenvalue weighted by Gasteiger charge is 2.08. The summed E-state index contributed by atoms with van der Waals surface area (Å²) in [7, 11) is 0. The Morgan fingerprint density at radius 2 is 1.83 bits per heavy atom. The summed E-state index contributed by atoms with van der Waals surface area (Å²) in [5.74, 6) is 0.355. The molecule has 120 valence electrons. The zero-order chi connectivity index (χ0) is 16.8. The summed E-state index contributed by atoms with van der Waals surface area (Å²) < 4.78 is 5.66. The first-order chi connectivity index (χ1) is 11.7. The molecule has 1 aromatic heterocycles. The van der Waals surface area contributed by atoms with Crippen molar-refractivity contribution < 1.29 is 9.53 Å². The number of nitrogens with one attached hydrogen (secondary N) is 1. The maximum absolute atomic E-state index is 12.1. The molecule has 0 atom stereocenters. The van der Waals surface area contributed by atoms with Gasteiger partial charge in [-0.3, -0.25) is 9.78 Å². The van der Waals surface area contributed by atoms with E-state index in [0.29, 0.717) is 28.6 Å². The van der Waals surface area contributed by atoms with E-state index in [0.717, 1.165) is 5.69 Å². The van der Waals surface area contributed by atoms with Crippen LogP contribution in [0.15, 0.2) is 72.9 Å². The van der Waals surface area contributed by atoms with Gasteiger partial charge in [-0.05, 0) is 42.5 Å². The van der Waals surface area contributed by atoms with Crippen molar-refractivity contribution in [2.24, 2.45) is 0 Å². The number of carbonyl (C=O) groups excluding carboxylic acids is 1. The standard InChI is InChI=1S/C19H15ClN2O2/c20-17-12-15(22-19(23)14-6-2-1-3-7-14)9-10-18(17)24-13-16-8-4-5-11-21-16/h1-12H,13H2,(H,22,23). The Kier molecular flexibility index (Phi) is 5.08. The lowest BCUT2D eigenvalue weighted by Crippen LogP contribution is -2.11. The van der Waals surface area contributed by atoms with Crippen molar-refractivity contribution >= 4 is 23.2 Å². The zero-order valence-electron chi connectivity index (χ0n) is 12.8. The first-order valence-corrected chi connectivity index (χ1v) is 7.79. The maximum Gasteiger partial charge on any atom is 0.255 e. The van der Waals surface area contributed by atoms with E-state index < -0.39 is 0 Å². The van der Waals surface area contributed by atoms with E-state index in [9.17, 15) is 4.79 Å². The lowest BCUT2D eigenvalue weighted by atomic mass is 10.2. The second-order valence-electron chi connectivity index (χ2n) is 5.08. The summed E-state index contributed by atoms with van der Waals surface area (Å²) in [4.78, 5) is 16.3. The van der Waals surface area contributed by atoms with Crippen molar-refractivity contribution in [2.75, 3.05) is 5.32 Å². The molecule has 0 radical (unpaired) electrons. The minimum absolute atomic E-state index is 0.186. The molecule has 3 aromatic rings. The van der Waals surface area contributed by atoms with Gasteiger partial charge in [0.25, 0.3) is 5.91 Å². The summed E-state index contributed by atoms with van der Waals surface area (Å²) in [6, 6.07) is 19.8. The minimum Gasteiger partial charge on any atom is -0.486 e. The monoisotopic (exact) mass is 338 g/mol. The van der Waals surface area contributed by atoms with Gasteiger partial charge in [0.2, 0.25) is 0 Å². The minimum atomic E-state index is -0.186. The molecule has 1 N–H and O–H groups in total. The van der Waals surface area contributed by atoms with Gasteiger partial charge in [-0.25, -0.2) is 0 Å². The highest BCUT2D eigenvalue weighted by atomic mass is 35.5. The summed E-state index contributed by atoms with van der Waals surface area (Å²) in [5, 5.41) is 3.24. The van der Waals surface area contributed by atoms with Crippen molar-refractivity contribution in [1.82, 2.24) is 4.98 Å². The molecule has 5 heteroatoms. The van der Waals surface area contributed by atoms with Crippen molar-refractivity contribution in [2.45, 2.75) is 6.61 Å². The summed E-state index contributed by atoms with van der Waals surface area (Å²) in [5.41, 5.74) is 2.01. The first kappa shape index (κ1) is 16.0. The molecule has 0 saturated carbocycles. The zero-order valence-corrected chi connectivity index (χ0v) is 13.5. The van der Waals surface area contributed by atoms with Gasteiger partial charge in [0.15, 0.2) is 0 Å². The molecule has 24 heavy (non-hydrogen) atoms. The molecule has 0 aliphatic heterocycles. The van der Waals surface area contributed by atoms with Gasteiger partial charge in [-0.2, -0.15) is 0 Å². The number of ether oxygens (including phenoxy) is 1. The third kappa shape index (κ3) is 4.12. The maximum atomic E-state index is 12.1. The number of rotatable bonds is 5. The number of amides is 1. The van der Waals surface area contributed by atoms with Crippen molar-refractivity contribution in [3.8, 4) is 5.75 Å². The second kappa shape index (κ2) is 7.62. The number of carbonyl (C=O) groups is 1. The third-order valence-electron chi connectivity index (χ3n) is 3.33. The normalized spacial score (nSPS) is 10.2. The van der Waals surface area contributed by atoms with Crippen LogP contribution in [0, 0.1) is 0 Å². The van der Waals surface area contributed by atoms with E-state index in [1.54, 1.807) is 36.5 Å². The van der Waals surface area contributed by atoms with Gasteiger partial charge < -0.3 is 10.1 Å². The van der Waals surface area contributed by atoms with E-state index in [-0.39, 0.29) is 5.91 Å². The van der Waals surface area contributed by atoms with Crippen LogP contribution in [0.4, 0.5) is 5.69 Å². The highest BCUT2D eigenvalue weighted by Crippen LogP contribution is 2.28. The van der Waals surface area contributed by atoms with Crippen LogP contribution in [-0.2, 0) is 6.61 Å². The van der Waals surface area contributed by atoms with E-state index in [4.69, 9.17) is 16.3 Å². The van der Waals surface area contributed by atoms with Gasteiger partial charge in [0.05, 0.1) is 10.7 Å². The molecule has 0 spiro atoms. The number of hydrogen-bond acceptors (Lipinski definition) is 3. The molecule has 1 amide bonds. The quantitative estimate of drug-likeness (QED) is 0.741. The Morgan fingerprint density at radius 3 is 2.54 bits per heavy atom. The van der Waals surface area contributed by atoms with Gasteiger partial charge in [0.1, 0.15) is 12.4 Å². The average molecular weight is 339 g/mol. The lowest BCUT2D eigenvalue weighted by molar-refractivity contribution is 0.102. The van der Waals surface area contributed by atoms with Gasteiger partial charge in [-0.1, -0.05) is 35.9 Å². The molecule has 0 unspecified atom stereocenters. The molecule has 0 aliphatic rings. The molecule has 1 heterocycles. The van der Waals surface area contributed by atoms with Crippen LogP contribution in [0.2, 0.25) is 5.02 Å². The molecule has 0 bridgehead atoms. The topological polar surface area (TPSA) is 51.2 Å². The van der Waals surface area contributed by atoms with E-state index in [1.165, 1.54) is 0 Å². The number of nitrogens with zero attached hydrogens (tertiary/aromatic N) is 1. The smallest absolute Gasteiger partial charge is 0.255 e. The molecule has 3 rings (SSSR count). The predicted molar refractivity (Wildman–Crippen MR) is 94.4 cm³/mol. The van der Waals surface area contributed by atoms with Crippen molar-refractivity contribution in [3.63, 3.8) is 0 Å². The number of halogens is 1. The highest BCUT2D eigenvalue weighted by molar-refractivity contribution is 6.32. The van der Waals surface area contributed by atoms with E-state index in [1.807, 2.05) is 36.4 Å². The number of hydrogen-bond donors (Lipinski definition) is 1. The molecule has 0 fully saturated rings. The SMILES string of the molecule is O=C(Nc1ccc(OCc2ccccn2)c(Cl)c1)c1ccccc1. The molecular weight excluding hydrogens is 324 g/mol. The van der Waals surface area contributed by atoms with Gasteiger partial charge in [0, 0.05) is 17.4 Å². The van der Waals surface area contributed by atoms with E-state index >= 15 is 0 Å². The van der Waals surface area contributed by atoms with E-state index in [2.05, 4.69) is 10.3 Å². The fourth-order valence-corrected chi connectivity index (χ4v) is 2.36. The molecule has 4 nitrogen and oxygen atoms in total. The van der Waals surface area contributed by atoms with Crippen molar-refractivity contribution in [1.29, 1.82) is 0 Å². The summed E-state index contributed by atoms with van der Waals surface area (Å²) in [6.07, 6.45) is 1.71. The van der Waals surface area contributed by atoms with Crippen LogP contribution in [0.1, 0.15) is 16.1 Å². The van der Waals surface area contributed by atoms with Crippen molar-refractivity contribution in [3.05, 3.63) is 89.2 Å². The predicted octanol–water partition coefficient (Wildman–Crippen LogP) is 4.57. The number of pyridine rings is 1. The Bertz CT molecular complexity index is 823. The largest absolute Gasteiger partial charge is 0.486 e. The van der Waals surface area contributed by atoms with Crippen LogP contribution in [0.3, 0.4) is 0 Å². The van der Waals surface area contributed by atoms with Crippen LogP contribution in [-0.4, -0.2) is 10.9 Å². The van der Waals surface area contributed by atoms with Crippen LogP contribution in [0.25, 0.3) is 0 Å². The number of aromatic nitrogens is 1. The van der Waals surface area contributed by atoms with Gasteiger partial charge in [-0.15, -0.1) is 0 Å². The van der Waals surface area contributed by atoms with Crippen LogP contribution in [0.5, 0.6) is 5.75 Å². The Labute approximate surface area is 145 Å². The summed E-state index contributed by atoms with van der Waals surface area (Å²) >= 11 is 6.23. The number of anilines is 1. The molecular formula is C19H15ClN2O2. The van der Waals surface area contributed by atoms with Gasteiger partial charge >= 0.3 is 0 Å². The fourth-order valence-electron chi connectivity index (χ4n) is 2.12. The van der Waals surface area contributed by atoms with Crippen LogP contribution < -0.4 is 10.1 Å². The molecule has 0 aliphatic carbocycles. The Morgan fingerprint density at radius 1 is 1.04 bits per heavy atom. The number of benzene rings is 2. The molecule has 2 aromatic carbocycles. The molecule has 0 saturated heterocycles.